The van der Waals surface area contributed by atoms with Crippen molar-refractivity contribution < 1.29 is 9.53 Å². The quantitative estimate of drug-likeness (QED) is 0.767. The van der Waals surface area contributed by atoms with Crippen molar-refractivity contribution in [1.29, 1.82) is 0 Å². The molecule has 1 aromatic carbocycles. The fourth-order valence-electron chi connectivity index (χ4n) is 2.80. The summed E-state index contributed by atoms with van der Waals surface area (Å²) >= 11 is 3.25. The number of ether oxygens (including phenoxy) is 1. The van der Waals surface area contributed by atoms with E-state index in [2.05, 4.69) is 10.3 Å². The van der Waals surface area contributed by atoms with Crippen LogP contribution in [0.25, 0.3) is 9.88 Å². The highest BCUT2D eigenvalue weighted by molar-refractivity contribution is 7.20. The highest BCUT2D eigenvalue weighted by Gasteiger charge is 2.22. The zero-order valence-electron chi connectivity index (χ0n) is 12.9. The summed E-state index contributed by atoms with van der Waals surface area (Å²) in [5.41, 5.74) is 1.87. The highest BCUT2D eigenvalue weighted by atomic mass is 32.1. The van der Waals surface area contributed by atoms with Gasteiger partial charge in [0.15, 0.2) is 0 Å². The molecule has 0 unspecified atom stereocenters. The average molecular weight is 356 g/mol. The maximum atomic E-state index is 12.4. The fourth-order valence-corrected chi connectivity index (χ4v) is 4.44. The number of rotatable bonds is 4. The van der Waals surface area contributed by atoms with Crippen LogP contribution in [0.1, 0.15) is 23.7 Å². The number of hydrogen-bond donors (Lipinski definition) is 1. The predicted molar refractivity (Wildman–Crippen MR) is 96.6 cm³/mol. The van der Waals surface area contributed by atoms with Crippen LogP contribution < -0.4 is 10.1 Å². The first kappa shape index (κ1) is 15.4. The van der Waals surface area contributed by atoms with Gasteiger partial charge in [-0.2, -0.15) is 0 Å². The lowest BCUT2D eigenvalue weighted by molar-refractivity contribution is -0.121. The smallest absolute Gasteiger partial charge is 0.226 e. The van der Waals surface area contributed by atoms with E-state index < -0.39 is 0 Å². The molecule has 1 aliphatic rings. The van der Waals surface area contributed by atoms with Gasteiger partial charge in [-0.1, -0.05) is 24.3 Å². The number of fused-ring (bicyclic) bond motifs is 1. The van der Waals surface area contributed by atoms with Gasteiger partial charge >= 0.3 is 0 Å². The number of benzene rings is 1. The summed E-state index contributed by atoms with van der Waals surface area (Å²) in [5, 5.41) is 8.09. The van der Waals surface area contributed by atoms with Crippen LogP contribution in [0.2, 0.25) is 0 Å². The molecule has 4 nitrogen and oxygen atoms in total. The molecule has 0 saturated heterocycles. The number of thiophene rings is 1. The second-order valence-electron chi connectivity index (χ2n) is 5.59. The Kier molecular flexibility index (Phi) is 4.32. The van der Waals surface area contributed by atoms with Gasteiger partial charge in [-0.15, -0.1) is 22.7 Å². The molecule has 6 heteroatoms. The van der Waals surface area contributed by atoms with E-state index in [4.69, 9.17) is 4.74 Å². The molecule has 1 amide bonds. The van der Waals surface area contributed by atoms with Gasteiger partial charge in [-0.25, -0.2) is 4.98 Å². The van der Waals surface area contributed by atoms with Gasteiger partial charge in [-0.3, -0.25) is 4.79 Å². The Balaban J connectivity index is 1.43. The van der Waals surface area contributed by atoms with Crippen molar-refractivity contribution in [1.82, 2.24) is 10.3 Å². The van der Waals surface area contributed by atoms with Crippen LogP contribution in [0.4, 0.5) is 0 Å². The first-order chi connectivity index (χ1) is 11.8. The van der Waals surface area contributed by atoms with Crippen LogP contribution in [-0.2, 0) is 11.2 Å². The normalized spacial score (nSPS) is 16.2. The SMILES string of the molecule is O=C(Cc1csc(-c2cccs2)n1)N[C@@H]1CCOc2ccccc21. The third-order valence-corrected chi connectivity index (χ3v) is 5.85. The molecule has 0 aliphatic carbocycles. The monoisotopic (exact) mass is 356 g/mol. The summed E-state index contributed by atoms with van der Waals surface area (Å²) in [4.78, 5) is 18.1. The Hall–Kier alpha value is -2.18. The number of para-hydroxylation sites is 1. The Morgan fingerprint density at radius 3 is 3.04 bits per heavy atom. The highest BCUT2D eigenvalue weighted by Crippen LogP contribution is 2.32. The van der Waals surface area contributed by atoms with Gasteiger partial charge in [0.1, 0.15) is 10.8 Å². The van der Waals surface area contributed by atoms with E-state index in [1.54, 1.807) is 22.7 Å². The summed E-state index contributed by atoms with van der Waals surface area (Å²) in [5.74, 6) is 0.863. The summed E-state index contributed by atoms with van der Waals surface area (Å²) < 4.78 is 5.64. The first-order valence-corrected chi connectivity index (χ1v) is 9.55. The zero-order valence-corrected chi connectivity index (χ0v) is 14.5. The lowest BCUT2D eigenvalue weighted by Gasteiger charge is -2.26. The number of amides is 1. The number of carbonyl (C=O) groups excluding carboxylic acids is 1. The third-order valence-electron chi connectivity index (χ3n) is 3.92. The Labute approximate surface area is 148 Å². The number of hydrogen-bond acceptors (Lipinski definition) is 5. The number of nitrogens with zero attached hydrogens (tertiary/aromatic N) is 1. The van der Waals surface area contributed by atoms with E-state index >= 15 is 0 Å². The molecule has 0 fully saturated rings. The Bertz CT molecular complexity index is 842. The lowest BCUT2D eigenvalue weighted by Crippen LogP contribution is -2.33. The molecular formula is C18H16N2O2S2. The standard InChI is InChI=1S/C18H16N2O2S2/c21-17(10-12-11-24-18(19-12)16-6-3-9-23-16)20-14-7-8-22-15-5-2-1-4-13(14)15/h1-6,9,11,14H,7-8,10H2,(H,20,21)/t14-/m1/s1. The summed E-state index contributed by atoms with van der Waals surface area (Å²) in [7, 11) is 0. The van der Waals surface area contributed by atoms with Crippen molar-refractivity contribution in [3.8, 4) is 15.6 Å². The molecule has 4 rings (SSSR count). The van der Waals surface area contributed by atoms with E-state index in [-0.39, 0.29) is 11.9 Å². The molecule has 1 N–H and O–H groups in total. The minimum absolute atomic E-state index is 0.000248. The van der Waals surface area contributed by atoms with Gasteiger partial charge < -0.3 is 10.1 Å². The average Bonchev–Trinajstić information content (AvgIpc) is 3.26. The Morgan fingerprint density at radius 1 is 1.25 bits per heavy atom. The molecule has 0 radical (unpaired) electrons. The molecule has 0 saturated carbocycles. The number of thiazole rings is 1. The zero-order chi connectivity index (χ0) is 16.4. The molecule has 1 aliphatic heterocycles. The van der Waals surface area contributed by atoms with Gasteiger partial charge in [0.05, 0.1) is 29.6 Å². The molecule has 3 aromatic rings. The molecule has 122 valence electrons. The maximum absolute atomic E-state index is 12.4. The third kappa shape index (κ3) is 3.20. The molecule has 0 spiro atoms. The topological polar surface area (TPSA) is 51.2 Å². The van der Waals surface area contributed by atoms with E-state index in [9.17, 15) is 4.79 Å². The van der Waals surface area contributed by atoms with Crippen LogP contribution >= 0.6 is 22.7 Å². The van der Waals surface area contributed by atoms with Gasteiger partial charge in [0.2, 0.25) is 5.91 Å². The predicted octanol–water partition coefficient (Wildman–Crippen LogP) is 4.05. The minimum atomic E-state index is -0.000248. The van der Waals surface area contributed by atoms with Crippen molar-refractivity contribution in [3.63, 3.8) is 0 Å². The maximum Gasteiger partial charge on any atom is 0.226 e. The second kappa shape index (κ2) is 6.75. The van der Waals surface area contributed by atoms with E-state index in [1.165, 1.54) is 0 Å². The molecular weight excluding hydrogens is 340 g/mol. The number of carbonyl (C=O) groups is 1. The molecule has 24 heavy (non-hydrogen) atoms. The van der Waals surface area contributed by atoms with Crippen LogP contribution in [0, 0.1) is 0 Å². The second-order valence-corrected chi connectivity index (χ2v) is 7.40. The fraction of sp³-hybridized carbons (Fsp3) is 0.222. The van der Waals surface area contributed by atoms with E-state index in [0.29, 0.717) is 13.0 Å². The van der Waals surface area contributed by atoms with Crippen molar-refractivity contribution >= 4 is 28.6 Å². The molecule has 3 heterocycles. The Morgan fingerprint density at radius 2 is 2.17 bits per heavy atom. The van der Waals surface area contributed by atoms with Gasteiger partial charge in [-0.05, 0) is 17.5 Å². The van der Waals surface area contributed by atoms with Crippen molar-refractivity contribution in [2.24, 2.45) is 0 Å². The van der Waals surface area contributed by atoms with Crippen LogP contribution in [-0.4, -0.2) is 17.5 Å². The largest absolute Gasteiger partial charge is 0.493 e. The first-order valence-electron chi connectivity index (χ1n) is 7.79. The molecule has 2 aromatic heterocycles. The van der Waals surface area contributed by atoms with Crippen molar-refractivity contribution in [2.75, 3.05) is 6.61 Å². The summed E-state index contributed by atoms with van der Waals surface area (Å²) in [6, 6.07) is 11.9. The summed E-state index contributed by atoms with van der Waals surface area (Å²) in [6.45, 7) is 0.626. The summed E-state index contributed by atoms with van der Waals surface area (Å²) in [6.07, 6.45) is 1.10. The number of aromatic nitrogens is 1. The van der Waals surface area contributed by atoms with Crippen molar-refractivity contribution in [3.05, 3.63) is 58.4 Å². The van der Waals surface area contributed by atoms with E-state index in [0.717, 1.165) is 33.3 Å². The lowest BCUT2D eigenvalue weighted by atomic mass is 10.0. The van der Waals surface area contributed by atoms with Crippen LogP contribution in [0.3, 0.4) is 0 Å². The molecule has 0 bridgehead atoms. The van der Waals surface area contributed by atoms with E-state index in [1.807, 2.05) is 47.2 Å². The molecule has 1 atom stereocenters. The van der Waals surface area contributed by atoms with Crippen LogP contribution in [0.15, 0.2) is 47.2 Å². The van der Waals surface area contributed by atoms with Gasteiger partial charge in [0, 0.05) is 17.4 Å². The van der Waals surface area contributed by atoms with Crippen LogP contribution in [0.5, 0.6) is 5.75 Å². The van der Waals surface area contributed by atoms with Gasteiger partial charge in [0.25, 0.3) is 0 Å². The minimum Gasteiger partial charge on any atom is -0.493 e. The van der Waals surface area contributed by atoms with Crippen molar-refractivity contribution in [2.45, 2.75) is 18.9 Å². The number of nitrogens with one attached hydrogen (secondary N) is 1.